The third-order valence-electron chi connectivity index (χ3n) is 3.35. The van der Waals surface area contributed by atoms with E-state index in [4.69, 9.17) is 18.0 Å². The second-order valence-corrected chi connectivity index (χ2v) is 5.28. The molecule has 0 aliphatic heterocycles. The maximum atomic E-state index is 12.9. The lowest BCUT2D eigenvalue weighted by Gasteiger charge is -2.28. The number of nitrogens with two attached hydrogens (primary N) is 1. The summed E-state index contributed by atoms with van der Waals surface area (Å²) >= 11 is 4.74. The molecule has 0 fully saturated rings. The highest BCUT2D eigenvalue weighted by atomic mass is 32.1. The van der Waals surface area contributed by atoms with Gasteiger partial charge in [-0.3, -0.25) is 0 Å². The van der Waals surface area contributed by atoms with Crippen molar-refractivity contribution < 1.29 is 13.2 Å². The summed E-state index contributed by atoms with van der Waals surface area (Å²) < 4.78 is 38.7. The number of hydrogen-bond donors (Lipinski definition) is 1. The number of halogens is 3. The quantitative estimate of drug-likeness (QED) is 0.835. The highest BCUT2D eigenvalue weighted by molar-refractivity contribution is 7.80. The Morgan fingerprint density at radius 2 is 2.00 bits per heavy atom. The summed E-state index contributed by atoms with van der Waals surface area (Å²) in [4.78, 5) is 1.70. The maximum Gasteiger partial charge on any atom is 0.417 e. The lowest BCUT2D eigenvalue weighted by molar-refractivity contribution is -0.137. The summed E-state index contributed by atoms with van der Waals surface area (Å²) in [5, 5.41) is 0. The van der Waals surface area contributed by atoms with Crippen molar-refractivity contribution in [3.8, 4) is 0 Å². The van der Waals surface area contributed by atoms with Crippen LogP contribution in [0.5, 0.6) is 0 Å². The van der Waals surface area contributed by atoms with E-state index in [1.165, 1.54) is 12.1 Å². The minimum Gasteiger partial charge on any atom is -0.389 e. The van der Waals surface area contributed by atoms with Crippen molar-refractivity contribution in [1.29, 1.82) is 0 Å². The molecule has 0 aliphatic rings. The van der Waals surface area contributed by atoms with E-state index in [0.717, 1.165) is 18.9 Å². The topological polar surface area (TPSA) is 29.3 Å². The summed E-state index contributed by atoms with van der Waals surface area (Å²) in [5.74, 6) is 0. The molecule has 0 aromatic heterocycles. The average molecular weight is 304 g/mol. The van der Waals surface area contributed by atoms with Crippen LogP contribution < -0.4 is 10.6 Å². The van der Waals surface area contributed by atoms with Gasteiger partial charge < -0.3 is 10.6 Å². The van der Waals surface area contributed by atoms with Gasteiger partial charge >= 0.3 is 6.18 Å². The van der Waals surface area contributed by atoms with Crippen LogP contribution in [0.15, 0.2) is 18.2 Å². The minimum atomic E-state index is -4.45. The van der Waals surface area contributed by atoms with Gasteiger partial charge in [0.05, 0.1) is 5.56 Å². The smallest absolute Gasteiger partial charge is 0.389 e. The summed E-state index contributed by atoms with van der Waals surface area (Å²) in [7, 11) is 1.85. The first-order valence-corrected chi connectivity index (χ1v) is 6.83. The van der Waals surface area contributed by atoms with Gasteiger partial charge in [0.15, 0.2) is 0 Å². The first-order valence-electron chi connectivity index (χ1n) is 6.42. The van der Waals surface area contributed by atoms with Gasteiger partial charge in [0.1, 0.15) is 4.99 Å². The third kappa shape index (κ3) is 3.85. The maximum absolute atomic E-state index is 12.9. The largest absolute Gasteiger partial charge is 0.417 e. The zero-order chi connectivity index (χ0) is 15.5. The Kier molecular flexibility index (Phi) is 5.39. The Morgan fingerprint density at radius 3 is 2.45 bits per heavy atom. The van der Waals surface area contributed by atoms with Crippen LogP contribution in [0.3, 0.4) is 0 Å². The molecule has 1 atom stereocenters. The SMILES string of the molecule is CCCC(C)N(C)c1ccc(C(F)(F)F)c(C(N)=S)c1. The molecule has 0 amide bonds. The molecule has 0 saturated carbocycles. The van der Waals surface area contributed by atoms with Gasteiger partial charge in [-0.05, 0) is 31.5 Å². The summed E-state index contributed by atoms with van der Waals surface area (Å²) in [6.45, 7) is 4.10. The van der Waals surface area contributed by atoms with Crippen molar-refractivity contribution in [1.82, 2.24) is 0 Å². The standard InChI is InChI=1S/C14H19F3N2S/c1-4-5-9(2)19(3)10-6-7-12(14(15,16)17)11(8-10)13(18)20/h6-9H,4-5H2,1-3H3,(H2,18,20). The summed E-state index contributed by atoms with van der Waals surface area (Å²) in [5.41, 5.74) is 5.20. The van der Waals surface area contributed by atoms with Crippen molar-refractivity contribution in [2.45, 2.75) is 38.9 Å². The zero-order valence-electron chi connectivity index (χ0n) is 11.8. The van der Waals surface area contributed by atoms with Gasteiger partial charge in [0.2, 0.25) is 0 Å². The van der Waals surface area contributed by atoms with E-state index in [2.05, 4.69) is 6.92 Å². The molecule has 1 aromatic carbocycles. The first kappa shape index (κ1) is 16.8. The van der Waals surface area contributed by atoms with Crippen LogP contribution in [0.2, 0.25) is 0 Å². The minimum absolute atomic E-state index is 0.124. The van der Waals surface area contributed by atoms with Crippen LogP contribution >= 0.6 is 12.2 Å². The molecule has 2 nitrogen and oxygen atoms in total. The number of benzene rings is 1. The fourth-order valence-corrected chi connectivity index (χ4v) is 2.24. The predicted octanol–water partition coefficient (Wildman–Crippen LogP) is 3.96. The van der Waals surface area contributed by atoms with Gasteiger partial charge in [-0.15, -0.1) is 0 Å². The van der Waals surface area contributed by atoms with E-state index >= 15 is 0 Å². The molecule has 1 aromatic rings. The Labute approximate surface area is 122 Å². The molecule has 0 aliphatic carbocycles. The van der Waals surface area contributed by atoms with E-state index in [1.54, 1.807) is 0 Å². The summed E-state index contributed by atoms with van der Waals surface area (Å²) in [6.07, 6.45) is -2.49. The van der Waals surface area contributed by atoms with Crippen LogP contribution in [-0.2, 0) is 6.18 Å². The molecule has 1 rings (SSSR count). The van der Waals surface area contributed by atoms with Gasteiger partial charge in [0.25, 0.3) is 0 Å². The van der Waals surface area contributed by atoms with Crippen LogP contribution in [0.1, 0.15) is 37.8 Å². The van der Waals surface area contributed by atoms with Crippen molar-refractivity contribution in [3.63, 3.8) is 0 Å². The number of alkyl halides is 3. The molecule has 0 spiro atoms. The molecule has 0 heterocycles. The van der Waals surface area contributed by atoms with E-state index in [9.17, 15) is 13.2 Å². The van der Waals surface area contributed by atoms with Gasteiger partial charge in [-0.25, -0.2) is 0 Å². The molecule has 6 heteroatoms. The molecular formula is C14H19F3N2S. The normalized spacial score (nSPS) is 13.1. The molecule has 0 bridgehead atoms. The summed E-state index contributed by atoms with van der Waals surface area (Å²) in [6, 6.07) is 4.14. The molecule has 1 unspecified atom stereocenters. The number of rotatable bonds is 5. The molecule has 0 saturated heterocycles. The van der Waals surface area contributed by atoms with E-state index in [0.29, 0.717) is 5.69 Å². The first-order chi connectivity index (χ1) is 9.18. The van der Waals surface area contributed by atoms with Gasteiger partial charge in [-0.1, -0.05) is 25.6 Å². The fourth-order valence-electron chi connectivity index (χ4n) is 2.07. The Morgan fingerprint density at radius 1 is 1.40 bits per heavy atom. The lowest BCUT2D eigenvalue weighted by atomic mass is 10.0. The number of thiocarbonyl (C=S) groups is 1. The predicted molar refractivity (Wildman–Crippen MR) is 80.1 cm³/mol. The molecular weight excluding hydrogens is 285 g/mol. The number of nitrogens with zero attached hydrogens (tertiary/aromatic N) is 1. The van der Waals surface area contributed by atoms with Crippen molar-refractivity contribution in [3.05, 3.63) is 29.3 Å². The molecule has 20 heavy (non-hydrogen) atoms. The van der Waals surface area contributed by atoms with Gasteiger partial charge in [0, 0.05) is 24.3 Å². The van der Waals surface area contributed by atoms with Gasteiger partial charge in [-0.2, -0.15) is 13.2 Å². The van der Waals surface area contributed by atoms with Crippen molar-refractivity contribution >= 4 is 22.9 Å². The highest BCUT2D eigenvalue weighted by Gasteiger charge is 2.34. The van der Waals surface area contributed by atoms with Crippen molar-refractivity contribution in [2.75, 3.05) is 11.9 Å². The Bertz CT molecular complexity index is 486. The second-order valence-electron chi connectivity index (χ2n) is 4.84. The molecule has 0 radical (unpaired) electrons. The number of anilines is 1. The number of hydrogen-bond acceptors (Lipinski definition) is 2. The highest BCUT2D eigenvalue weighted by Crippen LogP contribution is 2.34. The second kappa shape index (κ2) is 6.43. The molecule has 112 valence electrons. The van der Waals surface area contributed by atoms with E-state index in [1.807, 2.05) is 18.9 Å². The monoisotopic (exact) mass is 304 g/mol. The van der Waals surface area contributed by atoms with Crippen LogP contribution in [0.25, 0.3) is 0 Å². The van der Waals surface area contributed by atoms with E-state index in [-0.39, 0.29) is 16.6 Å². The molecule has 2 N–H and O–H groups in total. The third-order valence-corrected chi connectivity index (χ3v) is 3.57. The Hall–Kier alpha value is -1.30. The fraction of sp³-hybridized carbons (Fsp3) is 0.500. The lowest BCUT2D eigenvalue weighted by Crippen LogP contribution is -2.29. The van der Waals surface area contributed by atoms with Crippen molar-refractivity contribution in [2.24, 2.45) is 5.73 Å². The zero-order valence-corrected chi connectivity index (χ0v) is 12.6. The Balaban J connectivity index is 3.20. The van der Waals surface area contributed by atoms with Crippen LogP contribution in [0, 0.1) is 0 Å². The van der Waals surface area contributed by atoms with Crippen LogP contribution in [-0.4, -0.2) is 18.1 Å². The van der Waals surface area contributed by atoms with E-state index < -0.39 is 11.7 Å². The van der Waals surface area contributed by atoms with Crippen LogP contribution in [0.4, 0.5) is 18.9 Å². The average Bonchev–Trinajstić information content (AvgIpc) is 2.36.